The lowest BCUT2D eigenvalue weighted by molar-refractivity contribution is 0.660. The van der Waals surface area contributed by atoms with Crippen LogP contribution in [-0.2, 0) is 13.1 Å². The molecule has 0 fully saturated rings. The van der Waals surface area contributed by atoms with Crippen LogP contribution in [0.25, 0.3) is 11.3 Å². The minimum Gasteiger partial charge on any atom is -0.313 e. The highest BCUT2D eigenvalue weighted by Crippen LogP contribution is 2.23. The summed E-state index contributed by atoms with van der Waals surface area (Å²) in [5, 5.41) is 7.81. The SMILES string of the molecule is CCCNCc1ccccc1-c1ccnn1CC. The molecule has 2 aromatic rings. The van der Waals surface area contributed by atoms with Crippen molar-refractivity contribution in [2.75, 3.05) is 6.54 Å². The Balaban J connectivity index is 2.27. The molecular weight excluding hydrogens is 222 g/mol. The van der Waals surface area contributed by atoms with Gasteiger partial charge in [-0.2, -0.15) is 5.10 Å². The van der Waals surface area contributed by atoms with E-state index in [1.165, 1.54) is 16.8 Å². The quantitative estimate of drug-likeness (QED) is 0.790. The van der Waals surface area contributed by atoms with Crippen molar-refractivity contribution < 1.29 is 0 Å². The molecule has 1 N–H and O–H groups in total. The van der Waals surface area contributed by atoms with Crippen molar-refractivity contribution in [1.82, 2.24) is 15.1 Å². The van der Waals surface area contributed by atoms with Gasteiger partial charge in [0.15, 0.2) is 0 Å². The van der Waals surface area contributed by atoms with Crippen molar-refractivity contribution in [2.45, 2.75) is 33.4 Å². The highest BCUT2D eigenvalue weighted by molar-refractivity contribution is 5.63. The van der Waals surface area contributed by atoms with Gasteiger partial charge < -0.3 is 5.32 Å². The molecule has 3 nitrogen and oxygen atoms in total. The Hall–Kier alpha value is -1.61. The molecule has 0 atom stereocenters. The van der Waals surface area contributed by atoms with Gasteiger partial charge in [-0.15, -0.1) is 0 Å². The maximum absolute atomic E-state index is 4.34. The second kappa shape index (κ2) is 6.36. The van der Waals surface area contributed by atoms with E-state index in [-0.39, 0.29) is 0 Å². The summed E-state index contributed by atoms with van der Waals surface area (Å²) in [6.07, 6.45) is 3.03. The zero-order valence-corrected chi connectivity index (χ0v) is 11.2. The van der Waals surface area contributed by atoms with E-state index in [0.717, 1.165) is 26.1 Å². The third kappa shape index (κ3) is 2.79. The van der Waals surface area contributed by atoms with Gasteiger partial charge >= 0.3 is 0 Å². The molecule has 96 valence electrons. The van der Waals surface area contributed by atoms with Crippen LogP contribution in [0.5, 0.6) is 0 Å². The van der Waals surface area contributed by atoms with Gasteiger partial charge in [0.2, 0.25) is 0 Å². The molecule has 1 aromatic carbocycles. The zero-order chi connectivity index (χ0) is 12.8. The number of hydrogen-bond donors (Lipinski definition) is 1. The smallest absolute Gasteiger partial charge is 0.0685 e. The third-order valence-corrected chi connectivity index (χ3v) is 3.05. The van der Waals surface area contributed by atoms with Gasteiger partial charge in [0.25, 0.3) is 0 Å². The molecule has 3 heteroatoms. The van der Waals surface area contributed by atoms with Crippen molar-refractivity contribution in [3.63, 3.8) is 0 Å². The summed E-state index contributed by atoms with van der Waals surface area (Å²) < 4.78 is 2.04. The lowest BCUT2D eigenvalue weighted by Crippen LogP contribution is -2.14. The average molecular weight is 243 g/mol. The van der Waals surface area contributed by atoms with Crippen molar-refractivity contribution in [3.8, 4) is 11.3 Å². The van der Waals surface area contributed by atoms with Crippen LogP contribution in [0.3, 0.4) is 0 Å². The zero-order valence-electron chi connectivity index (χ0n) is 11.2. The first-order valence-electron chi connectivity index (χ1n) is 6.67. The van der Waals surface area contributed by atoms with Crippen LogP contribution in [0.4, 0.5) is 0 Å². The molecule has 18 heavy (non-hydrogen) atoms. The molecule has 1 heterocycles. The van der Waals surface area contributed by atoms with Crippen LogP contribution in [0.2, 0.25) is 0 Å². The Morgan fingerprint density at radius 1 is 1.17 bits per heavy atom. The topological polar surface area (TPSA) is 29.9 Å². The molecule has 0 aliphatic heterocycles. The monoisotopic (exact) mass is 243 g/mol. The predicted molar refractivity (Wildman–Crippen MR) is 75.3 cm³/mol. The Labute approximate surface area is 109 Å². The third-order valence-electron chi connectivity index (χ3n) is 3.05. The number of nitrogens with zero attached hydrogens (tertiary/aromatic N) is 2. The number of aromatic nitrogens is 2. The van der Waals surface area contributed by atoms with Crippen molar-refractivity contribution in [2.24, 2.45) is 0 Å². The first-order chi connectivity index (χ1) is 8.86. The second-order valence-corrected chi connectivity index (χ2v) is 4.37. The van der Waals surface area contributed by atoms with E-state index in [0.29, 0.717) is 0 Å². The molecule has 0 saturated carbocycles. The molecular formula is C15H21N3. The number of nitrogens with one attached hydrogen (secondary N) is 1. The molecule has 2 rings (SSSR count). The summed E-state index contributed by atoms with van der Waals surface area (Å²) >= 11 is 0. The first kappa shape index (κ1) is 12.8. The van der Waals surface area contributed by atoms with Crippen LogP contribution >= 0.6 is 0 Å². The van der Waals surface area contributed by atoms with Crippen molar-refractivity contribution >= 4 is 0 Å². The summed E-state index contributed by atoms with van der Waals surface area (Å²) in [5.74, 6) is 0. The molecule has 0 amide bonds. The summed E-state index contributed by atoms with van der Waals surface area (Å²) in [4.78, 5) is 0. The highest BCUT2D eigenvalue weighted by atomic mass is 15.3. The summed E-state index contributed by atoms with van der Waals surface area (Å²) in [7, 11) is 0. The summed E-state index contributed by atoms with van der Waals surface area (Å²) in [5.41, 5.74) is 3.81. The van der Waals surface area contributed by atoms with E-state index >= 15 is 0 Å². The van der Waals surface area contributed by atoms with E-state index in [1.54, 1.807) is 0 Å². The van der Waals surface area contributed by atoms with E-state index in [2.05, 4.69) is 54.6 Å². The average Bonchev–Trinajstić information content (AvgIpc) is 2.88. The summed E-state index contributed by atoms with van der Waals surface area (Å²) in [6, 6.07) is 10.6. The number of rotatable bonds is 6. The van der Waals surface area contributed by atoms with Crippen LogP contribution < -0.4 is 5.32 Å². The van der Waals surface area contributed by atoms with Gasteiger partial charge in [-0.05, 0) is 31.5 Å². The van der Waals surface area contributed by atoms with Crippen molar-refractivity contribution in [3.05, 3.63) is 42.1 Å². The lowest BCUT2D eigenvalue weighted by Gasteiger charge is -2.11. The Morgan fingerprint density at radius 2 is 2.00 bits per heavy atom. The summed E-state index contributed by atoms with van der Waals surface area (Å²) in [6.45, 7) is 7.18. The normalized spacial score (nSPS) is 10.8. The molecule has 0 saturated heterocycles. The molecule has 1 aromatic heterocycles. The highest BCUT2D eigenvalue weighted by Gasteiger charge is 2.08. The van der Waals surface area contributed by atoms with Gasteiger partial charge in [-0.25, -0.2) is 0 Å². The predicted octanol–water partition coefficient (Wildman–Crippen LogP) is 3.07. The number of hydrogen-bond acceptors (Lipinski definition) is 2. The fourth-order valence-electron chi connectivity index (χ4n) is 2.14. The standard InChI is InChI=1S/C15H21N3/c1-3-10-16-12-13-7-5-6-8-14(13)15-9-11-17-18(15)4-2/h5-9,11,16H,3-4,10,12H2,1-2H3. The van der Waals surface area contributed by atoms with E-state index < -0.39 is 0 Å². The molecule has 0 spiro atoms. The Bertz CT molecular complexity index is 488. The van der Waals surface area contributed by atoms with Crippen molar-refractivity contribution in [1.29, 1.82) is 0 Å². The Kier molecular flexibility index (Phi) is 4.53. The molecule has 0 radical (unpaired) electrons. The van der Waals surface area contributed by atoms with Crippen LogP contribution in [0.1, 0.15) is 25.8 Å². The Morgan fingerprint density at radius 3 is 2.78 bits per heavy atom. The fraction of sp³-hybridized carbons (Fsp3) is 0.400. The molecule has 0 bridgehead atoms. The lowest BCUT2D eigenvalue weighted by atomic mass is 10.0. The molecule has 0 unspecified atom stereocenters. The minimum atomic E-state index is 0.902. The largest absolute Gasteiger partial charge is 0.313 e. The van der Waals surface area contributed by atoms with Gasteiger partial charge in [0, 0.05) is 24.8 Å². The van der Waals surface area contributed by atoms with Gasteiger partial charge in [-0.3, -0.25) is 4.68 Å². The van der Waals surface area contributed by atoms with Crippen LogP contribution in [0.15, 0.2) is 36.5 Å². The van der Waals surface area contributed by atoms with Crippen LogP contribution in [0, 0.1) is 0 Å². The fourth-order valence-corrected chi connectivity index (χ4v) is 2.14. The molecule has 0 aliphatic carbocycles. The van der Waals surface area contributed by atoms with Gasteiger partial charge in [0.05, 0.1) is 5.69 Å². The second-order valence-electron chi connectivity index (χ2n) is 4.37. The van der Waals surface area contributed by atoms with E-state index in [9.17, 15) is 0 Å². The maximum atomic E-state index is 4.34. The number of benzene rings is 1. The van der Waals surface area contributed by atoms with E-state index in [1.807, 2.05) is 10.9 Å². The first-order valence-corrected chi connectivity index (χ1v) is 6.67. The number of aryl methyl sites for hydroxylation is 1. The van der Waals surface area contributed by atoms with E-state index in [4.69, 9.17) is 0 Å². The van der Waals surface area contributed by atoms with Crippen LogP contribution in [-0.4, -0.2) is 16.3 Å². The van der Waals surface area contributed by atoms with Gasteiger partial charge in [-0.1, -0.05) is 31.2 Å². The maximum Gasteiger partial charge on any atom is 0.0685 e. The van der Waals surface area contributed by atoms with Gasteiger partial charge in [0.1, 0.15) is 0 Å². The molecule has 0 aliphatic rings. The minimum absolute atomic E-state index is 0.902.